The van der Waals surface area contributed by atoms with Crippen molar-refractivity contribution in [2.24, 2.45) is 0 Å². The summed E-state index contributed by atoms with van der Waals surface area (Å²) in [7, 11) is -0.800. The second kappa shape index (κ2) is 19.7. The Balaban J connectivity index is 0.792. The van der Waals surface area contributed by atoms with E-state index in [1.165, 1.54) is 64.6 Å². The van der Waals surface area contributed by atoms with Gasteiger partial charge < -0.3 is 36.7 Å². The monoisotopic (exact) mass is 1260 g/mol. The van der Waals surface area contributed by atoms with Crippen LogP contribution in [0, 0.1) is 0 Å². The number of fused-ring (bicyclic) bond motifs is 25. The molecule has 8 nitrogen and oxygen atoms in total. The summed E-state index contributed by atoms with van der Waals surface area (Å²) in [4.78, 5) is 0. The average molecular weight is 1260 g/mol. The molecule has 0 bridgehead atoms. The zero-order chi connectivity index (χ0) is 64.3. The summed E-state index contributed by atoms with van der Waals surface area (Å²) in [5, 5.41) is 14.3. The van der Waals surface area contributed by atoms with Crippen LogP contribution >= 0.6 is 0 Å². The fourth-order valence-corrected chi connectivity index (χ4v) is 17.7. The van der Waals surface area contributed by atoms with Crippen LogP contribution in [0.15, 0.2) is 322 Å². The molecule has 0 saturated carbocycles. The van der Waals surface area contributed by atoms with Gasteiger partial charge in [0.05, 0.1) is 66.2 Å². The number of hydrogen-bond donors (Lipinski definition) is 0. The van der Waals surface area contributed by atoms with E-state index in [1.54, 1.807) is 0 Å². The van der Waals surface area contributed by atoms with Gasteiger partial charge >= 0.3 is 7.12 Å². The molecule has 0 fully saturated rings. The summed E-state index contributed by atoms with van der Waals surface area (Å²) in [6, 6.07) is 118. The highest BCUT2D eigenvalue weighted by Gasteiger charge is 2.43. The molecule has 6 aromatic heterocycles. The van der Waals surface area contributed by atoms with Crippen molar-refractivity contribution in [1.29, 1.82) is 0 Å². The van der Waals surface area contributed by atoms with E-state index in [2.05, 4.69) is 349 Å². The highest BCUT2D eigenvalue weighted by Crippen LogP contribution is 2.51. The molecule has 0 atom stereocenters. The third-order valence-electron chi connectivity index (χ3n) is 21.6. The van der Waals surface area contributed by atoms with Gasteiger partial charge in [-0.25, -0.2) is 0 Å². The first-order valence-electron chi connectivity index (χ1n) is 34.0. The zero-order valence-corrected chi connectivity index (χ0v) is 53.2. The minimum atomic E-state index is -0.800. The van der Waals surface area contributed by atoms with Gasteiger partial charge in [0.25, 0.3) is 0 Å². The van der Waals surface area contributed by atoms with Crippen molar-refractivity contribution in [3.05, 3.63) is 322 Å². The lowest BCUT2D eigenvalue weighted by atomic mass is 9.66. The van der Waals surface area contributed by atoms with Crippen LogP contribution in [0.4, 0.5) is 0 Å². The molecule has 15 aromatic carbocycles. The third kappa shape index (κ3) is 7.11. The first-order valence-corrected chi connectivity index (χ1v) is 34.0. The Morgan fingerprint density at radius 1 is 0.192 bits per heavy atom. The number of nitrogens with zero attached hydrogens (tertiary/aromatic N) is 6. The maximum Gasteiger partial charge on any atom is 0.633 e. The Bertz CT molecular complexity index is 6800. The first-order chi connectivity index (χ1) is 49.2. The molecule has 458 valence electrons. The minimum Gasteiger partial charge on any atom is -0.521 e. The van der Waals surface area contributed by atoms with Gasteiger partial charge in [0.15, 0.2) is 0 Å². The summed E-state index contributed by atoms with van der Waals surface area (Å²) in [5.41, 5.74) is 25.3. The third-order valence-corrected chi connectivity index (χ3v) is 21.6. The normalized spacial score (nSPS) is 12.8. The van der Waals surface area contributed by atoms with Gasteiger partial charge in [-0.2, -0.15) is 0 Å². The van der Waals surface area contributed by atoms with Crippen LogP contribution < -0.4 is 14.8 Å². The Morgan fingerprint density at radius 3 is 0.828 bits per heavy atom. The summed E-state index contributed by atoms with van der Waals surface area (Å²) >= 11 is 0. The Hall–Kier alpha value is -13.2. The van der Waals surface area contributed by atoms with E-state index in [4.69, 9.17) is 9.31 Å². The Labute approximate surface area is 566 Å². The number of rotatable bonds is 6. The Kier molecular flexibility index (Phi) is 10.6. The van der Waals surface area contributed by atoms with Crippen LogP contribution in [-0.4, -0.2) is 34.5 Å². The highest BCUT2D eigenvalue weighted by atomic mass is 16.6. The molecule has 0 amide bonds. The smallest absolute Gasteiger partial charge is 0.521 e. The van der Waals surface area contributed by atoms with Gasteiger partial charge in [-0.3, -0.25) is 0 Å². The highest BCUT2D eigenvalue weighted by molar-refractivity contribution is 6.68. The topological polar surface area (TPSA) is 48.0 Å². The van der Waals surface area contributed by atoms with Gasteiger partial charge in [0.2, 0.25) is 0 Å². The Morgan fingerprint density at radius 2 is 0.485 bits per heavy atom. The van der Waals surface area contributed by atoms with Crippen LogP contribution in [0.25, 0.3) is 187 Å². The summed E-state index contributed by atoms with van der Waals surface area (Å²) in [5.74, 6) is 1.49. The SMILES string of the molecule is c1ccc(-n2c3ccccc3c3c2ccc2c4ccccc4n(-c4ccc5c(c4)OB4Oc6cc(-n7c8ccccc8c8ccc9c(c%10ccccc%10n9-c9ccccc9)c87)ccc6-c6cc(-n7c8ccccc8c8ccc9c(c%10ccccc%10n9-c9ccccc9)c87)cc-5c64)c23)cc1. The first kappa shape index (κ1) is 53.1. The van der Waals surface area contributed by atoms with Gasteiger partial charge in [0.1, 0.15) is 11.5 Å². The van der Waals surface area contributed by atoms with E-state index in [-0.39, 0.29) is 0 Å². The number of aromatic nitrogens is 6. The molecule has 0 aliphatic carbocycles. The molecule has 0 unspecified atom stereocenters. The molecule has 0 spiro atoms. The van der Waals surface area contributed by atoms with Crippen molar-refractivity contribution in [2.75, 3.05) is 0 Å². The second-order valence-corrected chi connectivity index (χ2v) is 26.6. The van der Waals surface area contributed by atoms with E-state index in [1.807, 2.05) is 0 Å². The standard InChI is InChI=1S/C90H53BN6O2/c1-4-22-54(23-5-1)92-76-37-19-13-31-68(76)84-79(92)47-44-65-60-28-10-16-34-73(60)95(88(65)84)57-40-42-63-71-50-59(97-75-36-18-12-30-62(75)67-46-49-81-86(90(67)97)70-33-15-21-39-78(70)94(81)56-26-8-3-9-27-56)51-72-64-43-41-58(53-83(64)99-91(87(71)72)98-82(63)52-57)96-74-35-17-11-29-61(74)66-45-48-80-85(89(66)96)69-32-14-20-38-77(69)93(80)55-24-6-2-7-25-55/h1-53H. The number of para-hydroxylation sites is 9. The summed E-state index contributed by atoms with van der Waals surface area (Å²) in [6.45, 7) is 0. The number of hydrogen-bond acceptors (Lipinski definition) is 2. The van der Waals surface area contributed by atoms with Crippen LogP contribution in [0.5, 0.6) is 11.5 Å². The molecular formula is C90H53BN6O2. The van der Waals surface area contributed by atoms with Gasteiger partial charge in [-0.05, 0) is 139 Å². The van der Waals surface area contributed by atoms with Crippen molar-refractivity contribution in [3.63, 3.8) is 0 Å². The molecule has 0 saturated heterocycles. The predicted molar refractivity (Wildman–Crippen MR) is 410 cm³/mol. The maximum absolute atomic E-state index is 7.56. The van der Waals surface area contributed by atoms with Crippen molar-refractivity contribution in [2.45, 2.75) is 0 Å². The van der Waals surface area contributed by atoms with Crippen molar-refractivity contribution in [1.82, 2.24) is 27.4 Å². The molecule has 23 rings (SSSR count). The fraction of sp³-hybridized carbons (Fsp3) is 0. The predicted octanol–water partition coefficient (Wildman–Crippen LogP) is 22.1. The van der Waals surface area contributed by atoms with Crippen LogP contribution in [-0.2, 0) is 0 Å². The lowest BCUT2D eigenvalue weighted by Gasteiger charge is -2.33. The largest absolute Gasteiger partial charge is 0.633 e. The number of benzene rings is 15. The van der Waals surface area contributed by atoms with E-state index in [0.29, 0.717) is 0 Å². The summed E-state index contributed by atoms with van der Waals surface area (Å²) < 4.78 is 29.8. The average Bonchev–Trinajstić information content (AvgIpc) is 1.63. The van der Waals surface area contributed by atoms with E-state index in [9.17, 15) is 0 Å². The molecule has 0 radical (unpaired) electrons. The van der Waals surface area contributed by atoms with Gasteiger partial charge in [0, 0.05) is 127 Å². The molecule has 0 N–H and O–H groups in total. The molecule has 99 heavy (non-hydrogen) atoms. The molecule has 8 heterocycles. The molecule has 2 aliphatic rings. The fourth-order valence-electron chi connectivity index (χ4n) is 17.7. The lowest BCUT2D eigenvalue weighted by molar-refractivity contribution is 0.436. The van der Waals surface area contributed by atoms with E-state index >= 15 is 0 Å². The lowest BCUT2D eigenvalue weighted by Crippen LogP contribution is -2.49. The molecule has 9 heteroatoms. The van der Waals surface area contributed by atoms with Crippen molar-refractivity contribution < 1.29 is 9.31 Å². The molecule has 21 aromatic rings. The van der Waals surface area contributed by atoms with Crippen molar-refractivity contribution in [3.8, 4) is 67.9 Å². The van der Waals surface area contributed by atoms with Gasteiger partial charge in [-0.1, -0.05) is 182 Å². The quantitative estimate of drug-likeness (QED) is 0.156. The van der Waals surface area contributed by atoms with Crippen LogP contribution in [0.2, 0.25) is 0 Å². The van der Waals surface area contributed by atoms with E-state index < -0.39 is 7.12 Å². The van der Waals surface area contributed by atoms with Crippen molar-refractivity contribution >= 4 is 143 Å². The van der Waals surface area contributed by atoms with Gasteiger partial charge in [-0.15, -0.1) is 0 Å². The van der Waals surface area contributed by atoms with E-state index in [0.717, 1.165) is 140 Å². The minimum absolute atomic E-state index is 0.743. The zero-order valence-electron chi connectivity index (χ0n) is 53.2. The summed E-state index contributed by atoms with van der Waals surface area (Å²) in [6.07, 6.45) is 0. The van der Waals surface area contributed by atoms with Crippen LogP contribution in [0.1, 0.15) is 0 Å². The molecular weight excluding hydrogens is 1210 g/mol. The van der Waals surface area contributed by atoms with Crippen LogP contribution in [0.3, 0.4) is 0 Å². The molecule has 2 aliphatic heterocycles. The maximum atomic E-state index is 7.56. The second-order valence-electron chi connectivity index (χ2n) is 26.6.